The Morgan fingerprint density at radius 2 is 2.12 bits per heavy atom. The number of nitrogens with one attached hydrogen (secondary N) is 2. The highest BCUT2D eigenvalue weighted by atomic mass is 16.5. The van der Waals surface area contributed by atoms with Crippen molar-refractivity contribution >= 4 is 6.03 Å². The molecule has 0 aromatic heterocycles. The largest absolute Gasteiger partial charge is 0.382 e. The van der Waals surface area contributed by atoms with E-state index in [0.29, 0.717) is 12.5 Å². The minimum atomic E-state index is -0.0690. The molecule has 0 saturated carbocycles. The second-order valence-electron chi connectivity index (χ2n) is 6.54. The standard InChI is InChI=1S/C19H31N3O2/c1-3-24-13-7-11-22-12-10-18(16(2)15-22)21-19(23)20-14-17-8-5-4-6-9-17/h4-6,8-9,16,18H,3,7,10-15H2,1-2H3,(H2,20,21,23)/t16-,18-/m0/s1. The van der Waals surface area contributed by atoms with Crippen molar-refractivity contribution in [2.75, 3.05) is 32.8 Å². The van der Waals surface area contributed by atoms with Crippen LogP contribution in [0.2, 0.25) is 0 Å². The second kappa shape index (κ2) is 10.3. The third-order valence-corrected chi connectivity index (χ3v) is 4.57. The summed E-state index contributed by atoms with van der Waals surface area (Å²) < 4.78 is 5.40. The average Bonchev–Trinajstić information content (AvgIpc) is 2.60. The molecular weight excluding hydrogens is 302 g/mol. The van der Waals surface area contributed by atoms with Crippen molar-refractivity contribution in [3.63, 3.8) is 0 Å². The van der Waals surface area contributed by atoms with Crippen molar-refractivity contribution < 1.29 is 9.53 Å². The van der Waals surface area contributed by atoms with Gasteiger partial charge >= 0.3 is 6.03 Å². The fourth-order valence-corrected chi connectivity index (χ4v) is 3.18. The first-order valence-corrected chi connectivity index (χ1v) is 9.07. The van der Waals surface area contributed by atoms with Gasteiger partial charge in [0, 0.05) is 45.4 Å². The van der Waals surface area contributed by atoms with Crippen LogP contribution in [0.1, 0.15) is 32.3 Å². The molecule has 2 N–H and O–H groups in total. The van der Waals surface area contributed by atoms with E-state index >= 15 is 0 Å². The monoisotopic (exact) mass is 333 g/mol. The molecule has 1 aromatic carbocycles. The molecule has 0 unspecified atom stereocenters. The molecule has 5 heteroatoms. The number of nitrogens with zero attached hydrogens (tertiary/aromatic N) is 1. The zero-order chi connectivity index (χ0) is 17.2. The zero-order valence-corrected chi connectivity index (χ0v) is 15.0. The third kappa shape index (κ3) is 6.49. The maximum Gasteiger partial charge on any atom is 0.315 e. The predicted octanol–water partition coefficient (Wildman–Crippen LogP) is 2.62. The third-order valence-electron chi connectivity index (χ3n) is 4.57. The molecule has 1 aromatic rings. The normalized spacial score (nSPS) is 21.4. The number of ether oxygens (including phenoxy) is 1. The van der Waals surface area contributed by atoms with Crippen LogP contribution in [-0.4, -0.2) is 49.8 Å². The van der Waals surface area contributed by atoms with Crippen LogP contribution in [0.5, 0.6) is 0 Å². The van der Waals surface area contributed by atoms with Crippen LogP contribution in [0.25, 0.3) is 0 Å². The molecule has 0 aliphatic carbocycles. The minimum Gasteiger partial charge on any atom is -0.382 e. The Hall–Kier alpha value is -1.59. The zero-order valence-electron chi connectivity index (χ0n) is 15.0. The number of benzene rings is 1. The lowest BCUT2D eigenvalue weighted by Crippen LogP contribution is -2.52. The highest BCUT2D eigenvalue weighted by Gasteiger charge is 2.26. The Balaban J connectivity index is 1.65. The number of likely N-dealkylation sites (tertiary alicyclic amines) is 1. The van der Waals surface area contributed by atoms with Gasteiger partial charge in [-0.3, -0.25) is 0 Å². The van der Waals surface area contributed by atoms with Crippen LogP contribution in [0, 0.1) is 5.92 Å². The highest BCUT2D eigenvalue weighted by molar-refractivity contribution is 5.74. The number of hydrogen-bond donors (Lipinski definition) is 2. The van der Waals surface area contributed by atoms with Gasteiger partial charge in [0.05, 0.1) is 0 Å². The number of piperidine rings is 1. The number of rotatable bonds is 8. The lowest BCUT2D eigenvalue weighted by molar-refractivity contribution is 0.110. The molecule has 1 fully saturated rings. The maximum absolute atomic E-state index is 12.1. The molecule has 1 heterocycles. The Morgan fingerprint density at radius 1 is 1.33 bits per heavy atom. The van der Waals surface area contributed by atoms with E-state index in [1.54, 1.807) is 0 Å². The van der Waals surface area contributed by atoms with Gasteiger partial charge < -0.3 is 20.3 Å². The van der Waals surface area contributed by atoms with E-state index in [9.17, 15) is 4.79 Å². The molecule has 0 radical (unpaired) electrons. The van der Waals surface area contributed by atoms with Gasteiger partial charge in [-0.15, -0.1) is 0 Å². The molecule has 2 atom stereocenters. The smallest absolute Gasteiger partial charge is 0.315 e. The van der Waals surface area contributed by atoms with Gasteiger partial charge in [-0.1, -0.05) is 37.3 Å². The minimum absolute atomic E-state index is 0.0690. The molecule has 5 nitrogen and oxygen atoms in total. The SMILES string of the molecule is CCOCCCN1CC[C@H](NC(=O)NCc2ccccc2)[C@@H](C)C1. The van der Waals surface area contributed by atoms with Crippen LogP contribution in [-0.2, 0) is 11.3 Å². The van der Waals surface area contributed by atoms with Crippen LogP contribution in [0.4, 0.5) is 4.79 Å². The van der Waals surface area contributed by atoms with E-state index in [0.717, 1.165) is 51.3 Å². The van der Waals surface area contributed by atoms with Crippen LogP contribution >= 0.6 is 0 Å². The number of carbonyl (C=O) groups is 1. The van der Waals surface area contributed by atoms with Gasteiger partial charge in [0.2, 0.25) is 0 Å². The van der Waals surface area contributed by atoms with E-state index in [-0.39, 0.29) is 12.1 Å². The van der Waals surface area contributed by atoms with Crippen molar-refractivity contribution in [1.29, 1.82) is 0 Å². The number of urea groups is 1. The molecule has 1 aliphatic rings. The van der Waals surface area contributed by atoms with Gasteiger partial charge in [-0.05, 0) is 31.2 Å². The summed E-state index contributed by atoms with van der Waals surface area (Å²) in [5.41, 5.74) is 1.12. The number of amides is 2. The number of hydrogen-bond acceptors (Lipinski definition) is 3. The lowest BCUT2D eigenvalue weighted by atomic mass is 9.94. The van der Waals surface area contributed by atoms with Crippen molar-refractivity contribution in [1.82, 2.24) is 15.5 Å². The van der Waals surface area contributed by atoms with Gasteiger partial charge in [-0.25, -0.2) is 4.79 Å². The molecule has 2 amide bonds. The maximum atomic E-state index is 12.1. The van der Waals surface area contributed by atoms with Crippen LogP contribution in [0.15, 0.2) is 30.3 Å². The topological polar surface area (TPSA) is 53.6 Å². The van der Waals surface area contributed by atoms with E-state index < -0.39 is 0 Å². The van der Waals surface area contributed by atoms with Crippen molar-refractivity contribution in [3.05, 3.63) is 35.9 Å². The van der Waals surface area contributed by atoms with Crippen molar-refractivity contribution in [3.8, 4) is 0 Å². The molecule has 134 valence electrons. The summed E-state index contributed by atoms with van der Waals surface area (Å²) in [4.78, 5) is 14.6. The lowest BCUT2D eigenvalue weighted by Gasteiger charge is -2.37. The second-order valence-corrected chi connectivity index (χ2v) is 6.54. The van der Waals surface area contributed by atoms with Crippen molar-refractivity contribution in [2.24, 2.45) is 5.92 Å². The first kappa shape index (κ1) is 18.7. The van der Waals surface area contributed by atoms with Crippen LogP contribution < -0.4 is 10.6 Å². The van der Waals surface area contributed by atoms with Gasteiger partial charge in [-0.2, -0.15) is 0 Å². The summed E-state index contributed by atoms with van der Waals surface area (Å²) in [7, 11) is 0. The first-order chi connectivity index (χ1) is 11.7. The Kier molecular flexibility index (Phi) is 8.05. The Morgan fingerprint density at radius 3 is 2.83 bits per heavy atom. The van der Waals surface area contributed by atoms with E-state index in [1.807, 2.05) is 37.3 Å². The molecule has 1 saturated heterocycles. The molecule has 0 bridgehead atoms. The van der Waals surface area contributed by atoms with E-state index in [1.165, 1.54) is 0 Å². The average molecular weight is 333 g/mol. The highest BCUT2D eigenvalue weighted by Crippen LogP contribution is 2.17. The van der Waals surface area contributed by atoms with Crippen LogP contribution in [0.3, 0.4) is 0 Å². The summed E-state index contributed by atoms with van der Waals surface area (Å²) in [6.07, 6.45) is 2.09. The fourth-order valence-electron chi connectivity index (χ4n) is 3.18. The summed E-state index contributed by atoms with van der Waals surface area (Å²) in [6, 6.07) is 10.2. The molecule has 24 heavy (non-hydrogen) atoms. The molecular formula is C19H31N3O2. The van der Waals surface area contributed by atoms with Gasteiger partial charge in [0.1, 0.15) is 0 Å². The Labute approximate surface area is 145 Å². The van der Waals surface area contributed by atoms with E-state index in [2.05, 4.69) is 22.5 Å². The molecule has 0 spiro atoms. The van der Waals surface area contributed by atoms with Crippen molar-refractivity contribution in [2.45, 2.75) is 39.3 Å². The van der Waals surface area contributed by atoms with Gasteiger partial charge in [0.25, 0.3) is 0 Å². The number of carbonyl (C=O) groups excluding carboxylic acids is 1. The predicted molar refractivity (Wildman–Crippen MR) is 96.9 cm³/mol. The summed E-state index contributed by atoms with van der Waals surface area (Å²) >= 11 is 0. The summed E-state index contributed by atoms with van der Waals surface area (Å²) in [6.45, 7) is 9.61. The van der Waals surface area contributed by atoms with E-state index in [4.69, 9.17) is 4.74 Å². The van der Waals surface area contributed by atoms with Gasteiger partial charge in [0.15, 0.2) is 0 Å². The quantitative estimate of drug-likeness (QED) is 0.719. The Bertz CT molecular complexity index is 481. The summed E-state index contributed by atoms with van der Waals surface area (Å²) in [5, 5.41) is 6.08. The summed E-state index contributed by atoms with van der Waals surface area (Å²) in [5.74, 6) is 0.466. The molecule has 2 rings (SSSR count). The molecule has 1 aliphatic heterocycles. The first-order valence-electron chi connectivity index (χ1n) is 9.07. The fraction of sp³-hybridized carbons (Fsp3) is 0.632.